The minimum atomic E-state index is 0.398. The van der Waals surface area contributed by atoms with E-state index in [1.807, 2.05) is 29.7 Å². The molecule has 2 aromatic heterocycles. The van der Waals surface area contributed by atoms with Crippen molar-refractivity contribution in [3.63, 3.8) is 0 Å². The van der Waals surface area contributed by atoms with Crippen LogP contribution in [0.3, 0.4) is 0 Å². The Kier molecular flexibility index (Phi) is 3.02. The summed E-state index contributed by atoms with van der Waals surface area (Å²) in [6, 6.07) is 5.72. The van der Waals surface area contributed by atoms with Crippen molar-refractivity contribution in [1.82, 2.24) is 19.7 Å². The molecule has 7 heteroatoms. The molecule has 2 N–H and O–H groups in total. The van der Waals surface area contributed by atoms with Gasteiger partial charge in [-0.15, -0.1) is 0 Å². The third-order valence-corrected chi connectivity index (χ3v) is 2.94. The van der Waals surface area contributed by atoms with Crippen LogP contribution < -0.4 is 10.5 Å². The molecule has 2 heterocycles. The van der Waals surface area contributed by atoms with Crippen LogP contribution in [0.4, 0.5) is 5.95 Å². The van der Waals surface area contributed by atoms with Crippen LogP contribution in [0.2, 0.25) is 0 Å². The quantitative estimate of drug-likeness (QED) is 0.778. The number of aromatic nitrogens is 4. The monoisotopic (exact) mass is 273 g/mol. The number of hydrogen-bond acceptors (Lipinski definition) is 6. The highest BCUT2D eigenvalue weighted by Crippen LogP contribution is 2.27. The van der Waals surface area contributed by atoms with Gasteiger partial charge < -0.3 is 19.6 Å². The van der Waals surface area contributed by atoms with Crippen LogP contribution in [0, 0.1) is 6.92 Å². The number of nitrogens with two attached hydrogens (primary N) is 1. The van der Waals surface area contributed by atoms with Gasteiger partial charge in [0.05, 0.1) is 18.7 Å². The van der Waals surface area contributed by atoms with Crippen molar-refractivity contribution in [2.75, 3.05) is 12.3 Å². The number of imidazole rings is 1. The molecule has 3 rings (SSSR count). The Balaban J connectivity index is 2.06. The summed E-state index contributed by atoms with van der Waals surface area (Å²) in [4.78, 5) is 8.54. The second kappa shape index (κ2) is 4.84. The highest BCUT2D eigenvalue weighted by atomic mass is 16.5. The summed E-state index contributed by atoms with van der Waals surface area (Å²) in [6.45, 7) is 4.67. The standard InChI is InChI=1S/C13H15N5O2/c1-3-19-10-6-4-5-9-12(10)16-13(14)18(9)7-11-15-8(2)20-17-11/h4-6H,3,7H2,1-2H3,(H2,14,16). The van der Waals surface area contributed by atoms with Gasteiger partial charge in [0.15, 0.2) is 5.82 Å². The summed E-state index contributed by atoms with van der Waals surface area (Å²) >= 11 is 0. The highest BCUT2D eigenvalue weighted by Gasteiger charge is 2.14. The summed E-state index contributed by atoms with van der Waals surface area (Å²) in [5.41, 5.74) is 7.61. The number of hydrogen-bond donors (Lipinski definition) is 1. The minimum absolute atomic E-state index is 0.398. The van der Waals surface area contributed by atoms with Crippen molar-refractivity contribution in [3.8, 4) is 5.75 Å². The van der Waals surface area contributed by atoms with Crippen molar-refractivity contribution in [2.45, 2.75) is 20.4 Å². The molecule has 0 saturated carbocycles. The summed E-state index contributed by atoms with van der Waals surface area (Å²) < 4.78 is 12.4. The molecule has 0 saturated heterocycles. The van der Waals surface area contributed by atoms with E-state index in [9.17, 15) is 0 Å². The van der Waals surface area contributed by atoms with Gasteiger partial charge >= 0.3 is 0 Å². The Labute approximate surface area is 115 Å². The molecule has 0 spiro atoms. The molecule has 104 valence electrons. The van der Waals surface area contributed by atoms with Crippen molar-refractivity contribution in [2.24, 2.45) is 0 Å². The maximum Gasteiger partial charge on any atom is 0.223 e. The fraction of sp³-hybridized carbons (Fsp3) is 0.308. The molecule has 0 radical (unpaired) electrons. The van der Waals surface area contributed by atoms with Crippen LogP contribution in [0.5, 0.6) is 5.75 Å². The summed E-state index contributed by atoms with van der Waals surface area (Å²) in [5, 5.41) is 3.88. The molecular weight excluding hydrogens is 258 g/mol. The van der Waals surface area contributed by atoms with Crippen molar-refractivity contribution in [3.05, 3.63) is 29.9 Å². The molecule has 3 aromatic rings. The molecule has 0 unspecified atom stereocenters. The summed E-state index contributed by atoms with van der Waals surface area (Å²) in [6.07, 6.45) is 0. The molecule has 0 bridgehead atoms. The van der Waals surface area contributed by atoms with Gasteiger partial charge in [0.25, 0.3) is 0 Å². The van der Waals surface area contributed by atoms with Gasteiger partial charge in [0, 0.05) is 6.92 Å². The Hall–Kier alpha value is -2.57. The maximum absolute atomic E-state index is 5.98. The van der Waals surface area contributed by atoms with E-state index < -0.39 is 0 Å². The second-order valence-electron chi connectivity index (χ2n) is 4.34. The zero-order chi connectivity index (χ0) is 14.1. The highest BCUT2D eigenvalue weighted by molar-refractivity contribution is 5.84. The molecule has 0 aliphatic heterocycles. The lowest BCUT2D eigenvalue weighted by molar-refractivity contribution is 0.343. The largest absolute Gasteiger partial charge is 0.492 e. The molecule has 0 aliphatic rings. The van der Waals surface area contributed by atoms with E-state index in [4.69, 9.17) is 15.0 Å². The van der Waals surface area contributed by atoms with Crippen molar-refractivity contribution < 1.29 is 9.26 Å². The predicted octanol–water partition coefficient (Wildman–Crippen LogP) is 1.76. The van der Waals surface area contributed by atoms with Crippen LogP contribution in [0.25, 0.3) is 11.0 Å². The van der Waals surface area contributed by atoms with Crippen molar-refractivity contribution >= 4 is 17.0 Å². The number of nitrogens with zero attached hydrogens (tertiary/aromatic N) is 4. The lowest BCUT2D eigenvalue weighted by Crippen LogP contribution is -2.05. The van der Waals surface area contributed by atoms with Gasteiger partial charge in [0.1, 0.15) is 11.3 Å². The number of para-hydroxylation sites is 1. The Morgan fingerprint density at radius 1 is 1.35 bits per heavy atom. The number of nitrogen functional groups attached to an aromatic ring is 1. The number of ether oxygens (including phenoxy) is 1. The first-order valence-corrected chi connectivity index (χ1v) is 6.35. The molecule has 0 amide bonds. The number of rotatable bonds is 4. The number of anilines is 1. The van der Waals surface area contributed by atoms with E-state index in [0.717, 1.165) is 16.8 Å². The first-order chi connectivity index (χ1) is 9.69. The average molecular weight is 273 g/mol. The third-order valence-electron chi connectivity index (χ3n) is 2.94. The molecule has 20 heavy (non-hydrogen) atoms. The van der Waals surface area contributed by atoms with E-state index in [1.54, 1.807) is 6.92 Å². The molecule has 0 fully saturated rings. The molecular formula is C13H15N5O2. The van der Waals surface area contributed by atoms with Gasteiger partial charge in [0.2, 0.25) is 11.8 Å². The predicted molar refractivity (Wildman–Crippen MR) is 73.5 cm³/mol. The Bertz CT molecular complexity index is 746. The fourth-order valence-electron chi connectivity index (χ4n) is 2.12. The smallest absolute Gasteiger partial charge is 0.223 e. The van der Waals surface area contributed by atoms with Crippen LogP contribution in [-0.4, -0.2) is 26.3 Å². The zero-order valence-corrected chi connectivity index (χ0v) is 11.3. The minimum Gasteiger partial charge on any atom is -0.492 e. The van der Waals surface area contributed by atoms with Gasteiger partial charge in [-0.3, -0.25) is 0 Å². The van der Waals surface area contributed by atoms with Gasteiger partial charge in [-0.1, -0.05) is 11.2 Å². The molecule has 0 atom stereocenters. The van der Waals surface area contributed by atoms with E-state index in [2.05, 4.69) is 15.1 Å². The Morgan fingerprint density at radius 3 is 2.90 bits per heavy atom. The van der Waals surface area contributed by atoms with Crippen LogP contribution in [0.15, 0.2) is 22.7 Å². The fourth-order valence-corrected chi connectivity index (χ4v) is 2.12. The van der Waals surface area contributed by atoms with Crippen molar-refractivity contribution in [1.29, 1.82) is 0 Å². The average Bonchev–Trinajstić information content (AvgIpc) is 2.97. The number of benzene rings is 1. The summed E-state index contributed by atoms with van der Waals surface area (Å²) in [7, 11) is 0. The van der Waals surface area contributed by atoms with Crippen LogP contribution >= 0.6 is 0 Å². The lowest BCUT2D eigenvalue weighted by Gasteiger charge is -2.05. The van der Waals surface area contributed by atoms with E-state index in [-0.39, 0.29) is 0 Å². The lowest BCUT2D eigenvalue weighted by atomic mass is 10.3. The topological polar surface area (TPSA) is 92.0 Å². The van der Waals surface area contributed by atoms with E-state index in [0.29, 0.717) is 30.8 Å². The van der Waals surface area contributed by atoms with Crippen LogP contribution in [0.1, 0.15) is 18.6 Å². The second-order valence-corrected chi connectivity index (χ2v) is 4.34. The van der Waals surface area contributed by atoms with Gasteiger partial charge in [-0.2, -0.15) is 4.98 Å². The normalized spacial score (nSPS) is 11.1. The van der Waals surface area contributed by atoms with E-state index >= 15 is 0 Å². The molecule has 7 nitrogen and oxygen atoms in total. The first-order valence-electron chi connectivity index (χ1n) is 6.35. The number of aryl methyl sites for hydroxylation is 1. The summed E-state index contributed by atoms with van der Waals surface area (Å²) in [5.74, 6) is 2.21. The zero-order valence-electron chi connectivity index (χ0n) is 11.3. The third kappa shape index (κ3) is 2.07. The maximum atomic E-state index is 5.98. The molecule has 1 aromatic carbocycles. The SMILES string of the molecule is CCOc1cccc2c1nc(N)n2Cc1noc(C)n1. The van der Waals surface area contributed by atoms with Gasteiger partial charge in [-0.25, -0.2) is 4.98 Å². The van der Waals surface area contributed by atoms with E-state index in [1.165, 1.54) is 0 Å². The molecule has 0 aliphatic carbocycles. The first kappa shape index (κ1) is 12.5. The Morgan fingerprint density at radius 2 is 2.20 bits per heavy atom. The number of fused-ring (bicyclic) bond motifs is 1. The van der Waals surface area contributed by atoms with Gasteiger partial charge in [-0.05, 0) is 19.1 Å². The van der Waals surface area contributed by atoms with Crippen LogP contribution in [-0.2, 0) is 6.54 Å².